The summed E-state index contributed by atoms with van der Waals surface area (Å²) in [5.74, 6) is 2.27. The first kappa shape index (κ1) is 19.9. The number of ether oxygens (including phenoxy) is 3. The van der Waals surface area contributed by atoms with E-state index in [0.717, 1.165) is 29.0 Å². The zero-order valence-corrected chi connectivity index (χ0v) is 17.0. The van der Waals surface area contributed by atoms with E-state index in [2.05, 4.69) is 18.3 Å². The number of nitrogens with one attached hydrogen (secondary N) is 1. The van der Waals surface area contributed by atoms with Gasteiger partial charge in [-0.3, -0.25) is 0 Å². The van der Waals surface area contributed by atoms with E-state index in [1.165, 1.54) is 11.1 Å². The zero-order chi connectivity index (χ0) is 20.1. The van der Waals surface area contributed by atoms with Crippen molar-refractivity contribution < 1.29 is 19.0 Å². The van der Waals surface area contributed by atoms with E-state index in [1.807, 2.05) is 36.1 Å². The predicted molar refractivity (Wildman–Crippen MR) is 108 cm³/mol. The van der Waals surface area contributed by atoms with E-state index in [9.17, 15) is 4.79 Å². The topological polar surface area (TPSA) is 60.0 Å². The molecule has 2 amide bonds. The number of hydrogen-bond donors (Lipinski definition) is 1. The van der Waals surface area contributed by atoms with Crippen LogP contribution in [-0.4, -0.2) is 44.8 Å². The molecule has 2 aromatic rings. The molecule has 150 valence electrons. The van der Waals surface area contributed by atoms with Crippen molar-refractivity contribution in [2.24, 2.45) is 0 Å². The van der Waals surface area contributed by atoms with Gasteiger partial charge >= 0.3 is 6.03 Å². The van der Waals surface area contributed by atoms with Gasteiger partial charge in [0.05, 0.1) is 20.8 Å². The van der Waals surface area contributed by atoms with Crippen LogP contribution in [0.15, 0.2) is 30.3 Å². The Balaban J connectivity index is 1.53. The third-order valence-electron chi connectivity index (χ3n) is 5.20. The minimum atomic E-state index is -0.0787. The molecule has 0 radical (unpaired) electrons. The van der Waals surface area contributed by atoms with Crippen LogP contribution in [0.5, 0.6) is 17.2 Å². The van der Waals surface area contributed by atoms with Gasteiger partial charge in [-0.25, -0.2) is 4.79 Å². The van der Waals surface area contributed by atoms with Crippen molar-refractivity contribution in [3.8, 4) is 17.2 Å². The normalized spacial score (nSPS) is 12.9. The minimum absolute atomic E-state index is 0.0787. The lowest BCUT2D eigenvalue weighted by Crippen LogP contribution is -2.43. The van der Waals surface area contributed by atoms with Crippen LogP contribution in [0.1, 0.15) is 22.3 Å². The van der Waals surface area contributed by atoms with Crippen LogP contribution in [-0.2, 0) is 13.0 Å². The van der Waals surface area contributed by atoms with Crippen molar-refractivity contribution in [2.45, 2.75) is 26.8 Å². The molecule has 0 fully saturated rings. The number of carbonyl (C=O) groups is 1. The molecule has 0 aromatic heterocycles. The summed E-state index contributed by atoms with van der Waals surface area (Å²) < 4.78 is 16.5. The molecule has 0 spiro atoms. The number of nitrogens with zero attached hydrogens (tertiary/aromatic N) is 1. The van der Waals surface area contributed by atoms with Crippen molar-refractivity contribution in [3.05, 3.63) is 52.6 Å². The summed E-state index contributed by atoms with van der Waals surface area (Å²) in [6.07, 6.45) is 0.794. The number of carbonyl (C=O) groups excluding carboxylic acids is 1. The zero-order valence-electron chi connectivity index (χ0n) is 17.0. The summed E-state index contributed by atoms with van der Waals surface area (Å²) in [5, 5.41) is 2.94. The number of aryl methyl sites for hydroxylation is 1. The highest BCUT2D eigenvalue weighted by Crippen LogP contribution is 2.33. The van der Waals surface area contributed by atoms with Crippen LogP contribution < -0.4 is 19.5 Å². The lowest BCUT2D eigenvalue weighted by atomic mass is 9.99. The van der Waals surface area contributed by atoms with Gasteiger partial charge in [0.2, 0.25) is 0 Å². The Labute approximate surface area is 166 Å². The molecule has 0 atom stereocenters. The van der Waals surface area contributed by atoms with E-state index in [0.29, 0.717) is 32.0 Å². The Morgan fingerprint density at radius 3 is 2.50 bits per heavy atom. The van der Waals surface area contributed by atoms with E-state index >= 15 is 0 Å². The monoisotopic (exact) mass is 384 g/mol. The molecular weight excluding hydrogens is 356 g/mol. The third-order valence-corrected chi connectivity index (χ3v) is 5.20. The van der Waals surface area contributed by atoms with E-state index in [4.69, 9.17) is 14.2 Å². The number of rotatable bonds is 6. The maximum absolute atomic E-state index is 12.5. The van der Waals surface area contributed by atoms with Crippen molar-refractivity contribution >= 4 is 6.03 Å². The number of amides is 2. The van der Waals surface area contributed by atoms with Crippen molar-refractivity contribution in [3.63, 3.8) is 0 Å². The maximum atomic E-state index is 12.5. The highest BCUT2D eigenvalue weighted by Gasteiger charge is 2.22. The number of methoxy groups -OCH3 is 2. The fraction of sp³-hybridized carbons (Fsp3) is 0.409. The lowest BCUT2D eigenvalue weighted by Gasteiger charge is -2.29. The van der Waals surface area contributed by atoms with Crippen LogP contribution in [0.25, 0.3) is 0 Å². The summed E-state index contributed by atoms with van der Waals surface area (Å²) in [6.45, 7) is 6.22. The molecule has 1 aliphatic rings. The van der Waals surface area contributed by atoms with Crippen LogP contribution in [0, 0.1) is 13.8 Å². The maximum Gasteiger partial charge on any atom is 0.317 e. The standard InChI is InChI=1S/C22H28N2O4/c1-15-6-5-7-19(16(15)2)28-11-9-23-22(25)24-10-8-17-12-20(26-3)21(27-4)13-18(17)14-24/h5-7,12-13H,8-11,14H2,1-4H3,(H,23,25). The van der Waals surface area contributed by atoms with Crippen LogP contribution >= 0.6 is 0 Å². The van der Waals surface area contributed by atoms with Gasteiger partial charge in [0.25, 0.3) is 0 Å². The molecule has 28 heavy (non-hydrogen) atoms. The molecule has 2 aromatic carbocycles. The number of hydrogen-bond acceptors (Lipinski definition) is 4. The molecular formula is C22H28N2O4. The Morgan fingerprint density at radius 1 is 1.07 bits per heavy atom. The van der Waals surface area contributed by atoms with Gasteiger partial charge in [0.15, 0.2) is 11.5 Å². The quantitative estimate of drug-likeness (QED) is 0.775. The summed E-state index contributed by atoms with van der Waals surface area (Å²) >= 11 is 0. The Hall–Kier alpha value is -2.89. The molecule has 0 bridgehead atoms. The molecule has 0 saturated heterocycles. The number of fused-ring (bicyclic) bond motifs is 1. The predicted octanol–water partition coefficient (Wildman–Crippen LogP) is 3.47. The fourth-order valence-corrected chi connectivity index (χ4v) is 3.37. The fourth-order valence-electron chi connectivity index (χ4n) is 3.37. The Bertz CT molecular complexity index is 851. The summed E-state index contributed by atoms with van der Waals surface area (Å²) in [4.78, 5) is 14.3. The van der Waals surface area contributed by atoms with E-state index in [-0.39, 0.29) is 6.03 Å². The second-order valence-corrected chi connectivity index (χ2v) is 6.93. The average Bonchev–Trinajstić information content (AvgIpc) is 2.72. The van der Waals surface area contributed by atoms with Gasteiger partial charge < -0.3 is 24.4 Å². The molecule has 0 saturated carbocycles. The summed E-state index contributed by atoms with van der Waals surface area (Å²) in [5.41, 5.74) is 4.61. The molecule has 3 rings (SSSR count). The first-order valence-electron chi connectivity index (χ1n) is 9.49. The molecule has 6 nitrogen and oxygen atoms in total. The minimum Gasteiger partial charge on any atom is -0.493 e. The molecule has 6 heteroatoms. The van der Waals surface area contributed by atoms with Crippen LogP contribution in [0.2, 0.25) is 0 Å². The molecule has 1 N–H and O–H groups in total. The summed E-state index contributed by atoms with van der Waals surface area (Å²) in [6, 6.07) is 9.87. The van der Waals surface area contributed by atoms with Gasteiger partial charge in [-0.1, -0.05) is 12.1 Å². The lowest BCUT2D eigenvalue weighted by molar-refractivity contribution is 0.189. The van der Waals surface area contributed by atoms with E-state index in [1.54, 1.807) is 14.2 Å². The SMILES string of the molecule is COc1cc2c(cc1OC)CN(C(=O)NCCOc1cccc(C)c1C)CC2. The van der Waals surface area contributed by atoms with Gasteiger partial charge in [-0.15, -0.1) is 0 Å². The molecule has 1 aliphatic heterocycles. The second-order valence-electron chi connectivity index (χ2n) is 6.93. The highest BCUT2D eigenvalue weighted by atomic mass is 16.5. The van der Waals surface area contributed by atoms with Gasteiger partial charge in [-0.2, -0.15) is 0 Å². The first-order chi connectivity index (χ1) is 13.5. The molecule has 0 aliphatic carbocycles. The summed E-state index contributed by atoms with van der Waals surface area (Å²) in [7, 11) is 3.25. The van der Waals surface area contributed by atoms with Crippen molar-refractivity contribution in [1.82, 2.24) is 10.2 Å². The second kappa shape index (κ2) is 8.87. The van der Waals surface area contributed by atoms with E-state index < -0.39 is 0 Å². The first-order valence-corrected chi connectivity index (χ1v) is 9.49. The largest absolute Gasteiger partial charge is 0.493 e. The highest BCUT2D eigenvalue weighted by molar-refractivity contribution is 5.74. The molecule has 0 unspecified atom stereocenters. The average molecular weight is 384 g/mol. The van der Waals surface area contributed by atoms with Crippen LogP contribution in [0.3, 0.4) is 0 Å². The van der Waals surface area contributed by atoms with Gasteiger partial charge in [0, 0.05) is 13.1 Å². The smallest absolute Gasteiger partial charge is 0.317 e. The third kappa shape index (κ3) is 4.32. The number of benzene rings is 2. The number of urea groups is 1. The molecule has 1 heterocycles. The Kier molecular flexibility index (Phi) is 6.29. The van der Waals surface area contributed by atoms with Crippen LogP contribution in [0.4, 0.5) is 4.79 Å². The van der Waals surface area contributed by atoms with Crippen molar-refractivity contribution in [1.29, 1.82) is 0 Å². The Morgan fingerprint density at radius 2 is 1.79 bits per heavy atom. The van der Waals surface area contributed by atoms with Gasteiger partial charge in [0.1, 0.15) is 12.4 Å². The van der Waals surface area contributed by atoms with Crippen molar-refractivity contribution in [2.75, 3.05) is 33.9 Å². The van der Waals surface area contributed by atoms with Gasteiger partial charge in [-0.05, 0) is 60.7 Å².